The van der Waals surface area contributed by atoms with Gasteiger partial charge in [0.2, 0.25) is 0 Å². The van der Waals surface area contributed by atoms with Gasteiger partial charge in [0.1, 0.15) is 0 Å². The van der Waals surface area contributed by atoms with Crippen molar-refractivity contribution in [3.05, 3.63) is 0 Å². The molecule has 2 heteroatoms. The highest BCUT2D eigenvalue weighted by Gasteiger charge is 2.26. The van der Waals surface area contributed by atoms with Crippen LogP contribution in [0.15, 0.2) is 0 Å². The first-order chi connectivity index (χ1) is 6.99. The predicted octanol–water partition coefficient (Wildman–Crippen LogP) is 2.48. The highest BCUT2D eigenvalue weighted by atomic mass is 15.1. The van der Waals surface area contributed by atoms with Gasteiger partial charge < -0.3 is 10.6 Å². The number of nitrogens with two attached hydrogens (primary N) is 1. The lowest BCUT2D eigenvalue weighted by molar-refractivity contribution is 0.131. The zero-order valence-corrected chi connectivity index (χ0v) is 10.9. The Morgan fingerprint density at radius 1 is 1.20 bits per heavy atom. The van der Waals surface area contributed by atoms with E-state index in [1.54, 1.807) is 0 Å². The molecule has 0 amide bonds. The molecule has 90 valence electrons. The Bertz CT molecular complexity index is 169. The van der Waals surface area contributed by atoms with Crippen molar-refractivity contribution >= 4 is 0 Å². The van der Waals surface area contributed by atoms with Gasteiger partial charge in [0, 0.05) is 12.1 Å². The Morgan fingerprint density at radius 3 is 2.20 bits per heavy atom. The van der Waals surface area contributed by atoms with Gasteiger partial charge in [0.05, 0.1) is 0 Å². The van der Waals surface area contributed by atoms with Crippen LogP contribution in [0.25, 0.3) is 0 Å². The van der Waals surface area contributed by atoms with E-state index in [1.165, 1.54) is 19.3 Å². The minimum Gasteiger partial charge on any atom is -0.328 e. The monoisotopic (exact) mass is 212 g/mol. The van der Waals surface area contributed by atoms with Crippen molar-refractivity contribution in [3.8, 4) is 0 Å². The Morgan fingerprint density at radius 2 is 1.73 bits per heavy atom. The fraction of sp³-hybridized carbons (Fsp3) is 1.00. The highest BCUT2D eigenvalue weighted by molar-refractivity contribution is 4.80. The van der Waals surface area contributed by atoms with Gasteiger partial charge in [-0.05, 0) is 58.0 Å². The minimum atomic E-state index is 0.339. The maximum Gasteiger partial charge on any atom is 0.00972 e. The third kappa shape index (κ3) is 4.52. The average Bonchev–Trinajstić information content (AvgIpc) is 2.12. The molecule has 3 atom stereocenters. The summed E-state index contributed by atoms with van der Waals surface area (Å²) in [6.45, 7) is 8.03. The summed E-state index contributed by atoms with van der Waals surface area (Å²) < 4.78 is 0. The molecule has 0 aromatic heterocycles. The van der Waals surface area contributed by atoms with E-state index in [0.717, 1.165) is 30.8 Å². The molecule has 0 saturated heterocycles. The summed E-state index contributed by atoms with van der Waals surface area (Å²) >= 11 is 0. The Kier molecular flexibility index (Phi) is 5.07. The van der Waals surface area contributed by atoms with E-state index in [1.807, 2.05) is 0 Å². The molecule has 0 bridgehead atoms. The standard InChI is InChI=1S/C13H28N2/c1-10-7-11(2)9-13(8-10)15(4)6-5-12(3)14/h10-13H,5-9,14H2,1-4H3. The van der Waals surface area contributed by atoms with Crippen LogP contribution in [0.1, 0.15) is 46.5 Å². The molecule has 1 saturated carbocycles. The van der Waals surface area contributed by atoms with E-state index in [0.29, 0.717) is 6.04 Å². The van der Waals surface area contributed by atoms with Crippen LogP contribution in [-0.2, 0) is 0 Å². The maximum atomic E-state index is 5.80. The molecule has 1 fully saturated rings. The van der Waals surface area contributed by atoms with Gasteiger partial charge in [0.25, 0.3) is 0 Å². The average molecular weight is 212 g/mol. The lowest BCUT2D eigenvalue weighted by atomic mass is 9.80. The summed E-state index contributed by atoms with van der Waals surface area (Å²) in [5.74, 6) is 1.80. The van der Waals surface area contributed by atoms with E-state index in [9.17, 15) is 0 Å². The zero-order valence-electron chi connectivity index (χ0n) is 10.9. The van der Waals surface area contributed by atoms with Gasteiger partial charge in [-0.1, -0.05) is 13.8 Å². The highest BCUT2D eigenvalue weighted by Crippen LogP contribution is 2.30. The van der Waals surface area contributed by atoms with E-state index in [2.05, 4.69) is 32.7 Å². The summed E-state index contributed by atoms with van der Waals surface area (Å²) in [7, 11) is 2.26. The van der Waals surface area contributed by atoms with Gasteiger partial charge in [-0.3, -0.25) is 0 Å². The Balaban J connectivity index is 2.34. The molecule has 2 N–H and O–H groups in total. The van der Waals surface area contributed by atoms with Gasteiger partial charge in [0.15, 0.2) is 0 Å². The first-order valence-corrected chi connectivity index (χ1v) is 6.44. The normalized spacial score (nSPS) is 34.4. The zero-order chi connectivity index (χ0) is 11.4. The predicted molar refractivity (Wildman–Crippen MR) is 66.9 cm³/mol. The second kappa shape index (κ2) is 5.86. The van der Waals surface area contributed by atoms with Crippen molar-refractivity contribution in [1.82, 2.24) is 4.90 Å². The summed E-state index contributed by atoms with van der Waals surface area (Å²) in [4.78, 5) is 2.52. The van der Waals surface area contributed by atoms with Crippen LogP contribution in [0.2, 0.25) is 0 Å². The molecule has 1 rings (SSSR count). The summed E-state index contributed by atoms with van der Waals surface area (Å²) in [6.07, 6.45) is 5.28. The molecule has 15 heavy (non-hydrogen) atoms. The quantitative estimate of drug-likeness (QED) is 0.776. The second-order valence-electron chi connectivity index (χ2n) is 5.82. The SMILES string of the molecule is CC(N)CCN(C)C1CC(C)CC(C)C1. The maximum absolute atomic E-state index is 5.80. The Labute approximate surface area is 95.2 Å². The largest absolute Gasteiger partial charge is 0.328 e. The van der Waals surface area contributed by atoms with Crippen LogP contribution < -0.4 is 5.73 Å². The van der Waals surface area contributed by atoms with Crippen molar-refractivity contribution < 1.29 is 0 Å². The first-order valence-electron chi connectivity index (χ1n) is 6.44. The lowest BCUT2D eigenvalue weighted by Crippen LogP contribution is -2.39. The molecular formula is C13H28N2. The first kappa shape index (κ1) is 13.0. The fourth-order valence-corrected chi connectivity index (χ4v) is 2.85. The van der Waals surface area contributed by atoms with Gasteiger partial charge in [-0.25, -0.2) is 0 Å². The van der Waals surface area contributed by atoms with E-state index < -0.39 is 0 Å². The summed E-state index contributed by atoms with van der Waals surface area (Å²) in [5, 5.41) is 0. The molecule has 0 spiro atoms. The van der Waals surface area contributed by atoms with E-state index in [-0.39, 0.29) is 0 Å². The number of nitrogens with zero attached hydrogens (tertiary/aromatic N) is 1. The van der Waals surface area contributed by atoms with Crippen molar-refractivity contribution in [2.75, 3.05) is 13.6 Å². The number of hydrogen-bond acceptors (Lipinski definition) is 2. The van der Waals surface area contributed by atoms with Crippen molar-refractivity contribution in [2.24, 2.45) is 17.6 Å². The molecular weight excluding hydrogens is 184 g/mol. The van der Waals surface area contributed by atoms with Gasteiger partial charge in [-0.15, -0.1) is 0 Å². The minimum absolute atomic E-state index is 0.339. The van der Waals surface area contributed by atoms with Crippen LogP contribution in [0.5, 0.6) is 0 Å². The van der Waals surface area contributed by atoms with Crippen molar-refractivity contribution in [1.29, 1.82) is 0 Å². The molecule has 1 aliphatic carbocycles. The molecule has 0 heterocycles. The van der Waals surface area contributed by atoms with Crippen LogP contribution in [0, 0.1) is 11.8 Å². The fourth-order valence-electron chi connectivity index (χ4n) is 2.85. The topological polar surface area (TPSA) is 29.3 Å². The number of rotatable bonds is 4. The molecule has 3 unspecified atom stereocenters. The van der Waals surface area contributed by atoms with Crippen LogP contribution in [-0.4, -0.2) is 30.6 Å². The van der Waals surface area contributed by atoms with Gasteiger partial charge >= 0.3 is 0 Å². The lowest BCUT2D eigenvalue weighted by Gasteiger charge is -2.37. The van der Waals surface area contributed by atoms with Crippen LogP contribution in [0.3, 0.4) is 0 Å². The third-order valence-corrected chi connectivity index (χ3v) is 3.71. The molecule has 0 radical (unpaired) electrons. The van der Waals surface area contributed by atoms with Crippen molar-refractivity contribution in [2.45, 2.75) is 58.5 Å². The summed E-state index contributed by atoms with van der Waals surface area (Å²) in [5.41, 5.74) is 5.80. The van der Waals surface area contributed by atoms with E-state index in [4.69, 9.17) is 5.73 Å². The summed E-state index contributed by atoms with van der Waals surface area (Å²) in [6, 6.07) is 1.13. The second-order valence-corrected chi connectivity index (χ2v) is 5.82. The van der Waals surface area contributed by atoms with E-state index >= 15 is 0 Å². The van der Waals surface area contributed by atoms with Crippen LogP contribution >= 0.6 is 0 Å². The Hall–Kier alpha value is -0.0800. The molecule has 0 aliphatic heterocycles. The number of hydrogen-bond donors (Lipinski definition) is 1. The third-order valence-electron chi connectivity index (χ3n) is 3.71. The smallest absolute Gasteiger partial charge is 0.00972 e. The molecule has 2 nitrogen and oxygen atoms in total. The van der Waals surface area contributed by atoms with Crippen LogP contribution in [0.4, 0.5) is 0 Å². The molecule has 0 aromatic carbocycles. The molecule has 0 aromatic rings. The molecule has 1 aliphatic rings. The van der Waals surface area contributed by atoms with Gasteiger partial charge in [-0.2, -0.15) is 0 Å². The van der Waals surface area contributed by atoms with Crippen molar-refractivity contribution in [3.63, 3.8) is 0 Å².